The normalized spacial score (nSPS) is 11.2. The van der Waals surface area contributed by atoms with Gasteiger partial charge in [-0.05, 0) is 31.8 Å². The fraction of sp³-hybridized carbons (Fsp3) is 0.545. The number of esters is 1. The van der Waals surface area contributed by atoms with Gasteiger partial charge in [0.2, 0.25) is 0 Å². The number of carbonyl (C=O) groups excluding carboxylic acids is 1. The van der Waals surface area contributed by atoms with E-state index in [1.54, 1.807) is 0 Å². The maximum atomic E-state index is 10.3. The van der Waals surface area contributed by atoms with E-state index in [-0.39, 0.29) is 5.97 Å². The number of rotatable bonds is 6. The number of hydrogen-bond donors (Lipinski definition) is 0. The van der Waals surface area contributed by atoms with Crippen molar-refractivity contribution < 1.29 is 9.53 Å². The van der Waals surface area contributed by atoms with Gasteiger partial charge in [-0.3, -0.25) is 4.79 Å². The number of hydrogen-bond acceptors (Lipinski definition) is 2. The number of allylic oxidation sites excluding steroid dienone is 3. The molecular formula is C11H18O2. The third-order valence-corrected chi connectivity index (χ3v) is 1.47. The summed E-state index contributed by atoms with van der Waals surface area (Å²) in [4.78, 5) is 10.3. The topological polar surface area (TPSA) is 26.3 Å². The van der Waals surface area contributed by atoms with Crippen molar-refractivity contribution in [2.24, 2.45) is 0 Å². The summed E-state index contributed by atoms with van der Waals surface area (Å²) in [5, 5.41) is 0. The standard InChI is InChI=1S/C11H18O2/c1-3-4-5-6-7-8-9-10-13-11(2)12/h4-5,9-10H,3,6-8H2,1-2H3. The van der Waals surface area contributed by atoms with Gasteiger partial charge in [0.15, 0.2) is 0 Å². The molecule has 0 fully saturated rings. The van der Waals surface area contributed by atoms with Crippen molar-refractivity contribution in [1.29, 1.82) is 0 Å². The highest BCUT2D eigenvalue weighted by Gasteiger charge is 1.84. The molecule has 0 atom stereocenters. The third kappa shape index (κ3) is 10.9. The first-order valence-electron chi connectivity index (χ1n) is 4.74. The lowest BCUT2D eigenvalue weighted by Gasteiger charge is -1.91. The Balaban J connectivity index is 3.20. The largest absolute Gasteiger partial charge is 0.435 e. The zero-order valence-corrected chi connectivity index (χ0v) is 8.45. The van der Waals surface area contributed by atoms with E-state index in [9.17, 15) is 4.79 Å². The average Bonchev–Trinajstić information content (AvgIpc) is 2.09. The Labute approximate surface area is 80.3 Å². The molecule has 0 saturated carbocycles. The van der Waals surface area contributed by atoms with Crippen LogP contribution in [0.4, 0.5) is 0 Å². The summed E-state index contributed by atoms with van der Waals surface area (Å²) in [6, 6.07) is 0. The summed E-state index contributed by atoms with van der Waals surface area (Å²) < 4.78 is 4.63. The van der Waals surface area contributed by atoms with Gasteiger partial charge >= 0.3 is 5.97 Å². The van der Waals surface area contributed by atoms with E-state index in [4.69, 9.17) is 0 Å². The van der Waals surface area contributed by atoms with Crippen LogP contribution < -0.4 is 0 Å². The Bertz CT molecular complexity index is 181. The molecule has 0 aliphatic heterocycles. The Morgan fingerprint density at radius 2 is 1.92 bits per heavy atom. The zero-order valence-electron chi connectivity index (χ0n) is 8.45. The van der Waals surface area contributed by atoms with E-state index >= 15 is 0 Å². The summed E-state index contributed by atoms with van der Waals surface area (Å²) >= 11 is 0. The van der Waals surface area contributed by atoms with Gasteiger partial charge in [-0.25, -0.2) is 0 Å². The quantitative estimate of drug-likeness (QED) is 0.273. The summed E-state index contributed by atoms with van der Waals surface area (Å²) in [7, 11) is 0. The van der Waals surface area contributed by atoms with Crippen molar-refractivity contribution in [2.75, 3.05) is 0 Å². The van der Waals surface area contributed by atoms with Crippen LogP contribution in [-0.4, -0.2) is 5.97 Å². The van der Waals surface area contributed by atoms with Gasteiger partial charge in [0.25, 0.3) is 0 Å². The molecule has 0 rings (SSSR count). The van der Waals surface area contributed by atoms with Crippen LogP contribution in [-0.2, 0) is 9.53 Å². The van der Waals surface area contributed by atoms with Crippen LogP contribution in [0.5, 0.6) is 0 Å². The van der Waals surface area contributed by atoms with Gasteiger partial charge in [0, 0.05) is 6.92 Å². The predicted molar refractivity (Wildman–Crippen MR) is 54.2 cm³/mol. The molecule has 0 spiro atoms. The first kappa shape index (κ1) is 11.9. The van der Waals surface area contributed by atoms with Gasteiger partial charge in [-0.15, -0.1) is 0 Å². The van der Waals surface area contributed by atoms with Crippen molar-refractivity contribution in [2.45, 2.75) is 39.5 Å². The predicted octanol–water partition coefficient (Wildman–Crippen LogP) is 3.20. The van der Waals surface area contributed by atoms with Gasteiger partial charge in [0.05, 0.1) is 6.26 Å². The van der Waals surface area contributed by atoms with E-state index in [0.29, 0.717) is 0 Å². The van der Waals surface area contributed by atoms with Crippen LogP contribution in [0.15, 0.2) is 24.5 Å². The van der Waals surface area contributed by atoms with Crippen LogP contribution in [0.3, 0.4) is 0 Å². The van der Waals surface area contributed by atoms with Crippen LogP contribution in [0.1, 0.15) is 39.5 Å². The van der Waals surface area contributed by atoms with Crippen molar-refractivity contribution in [3.63, 3.8) is 0 Å². The molecule has 0 aliphatic rings. The molecule has 0 aromatic rings. The Morgan fingerprint density at radius 1 is 1.23 bits per heavy atom. The monoisotopic (exact) mass is 182 g/mol. The molecule has 2 heteroatoms. The second kappa shape index (κ2) is 9.04. The molecule has 0 aromatic heterocycles. The summed E-state index contributed by atoms with van der Waals surface area (Å²) in [5.41, 5.74) is 0. The second-order valence-electron chi connectivity index (χ2n) is 2.79. The first-order valence-corrected chi connectivity index (χ1v) is 4.74. The highest BCUT2D eigenvalue weighted by atomic mass is 16.5. The molecule has 0 radical (unpaired) electrons. The van der Waals surface area contributed by atoms with Gasteiger partial charge < -0.3 is 4.74 Å². The minimum atomic E-state index is -0.262. The summed E-state index contributed by atoms with van der Waals surface area (Å²) in [5.74, 6) is -0.262. The molecule has 0 unspecified atom stereocenters. The smallest absolute Gasteiger partial charge is 0.307 e. The Morgan fingerprint density at radius 3 is 2.54 bits per heavy atom. The van der Waals surface area contributed by atoms with Crippen molar-refractivity contribution in [3.8, 4) is 0 Å². The molecular weight excluding hydrogens is 164 g/mol. The van der Waals surface area contributed by atoms with E-state index < -0.39 is 0 Å². The van der Waals surface area contributed by atoms with Crippen molar-refractivity contribution in [1.82, 2.24) is 0 Å². The molecule has 0 saturated heterocycles. The van der Waals surface area contributed by atoms with Crippen LogP contribution in [0.25, 0.3) is 0 Å². The zero-order chi connectivity index (χ0) is 9.94. The number of carbonyl (C=O) groups is 1. The molecule has 0 heterocycles. The SMILES string of the molecule is CCC=CCCCC=COC(C)=O. The molecule has 2 nitrogen and oxygen atoms in total. The lowest BCUT2D eigenvalue weighted by atomic mass is 10.2. The third-order valence-electron chi connectivity index (χ3n) is 1.47. The second-order valence-corrected chi connectivity index (χ2v) is 2.79. The number of unbranched alkanes of at least 4 members (excludes halogenated alkanes) is 2. The van der Waals surface area contributed by atoms with E-state index in [1.165, 1.54) is 13.2 Å². The fourth-order valence-electron chi connectivity index (χ4n) is 0.850. The molecule has 0 bridgehead atoms. The van der Waals surface area contributed by atoms with Crippen LogP contribution in [0.2, 0.25) is 0 Å². The van der Waals surface area contributed by atoms with E-state index in [1.807, 2.05) is 6.08 Å². The Hall–Kier alpha value is -1.05. The molecule has 0 aromatic carbocycles. The molecule has 74 valence electrons. The first-order chi connectivity index (χ1) is 6.27. The lowest BCUT2D eigenvalue weighted by molar-refractivity contribution is -0.135. The molecule has 13 heavy (non-hydrogen) atoms. The summed E-state index contributed by atoms with van der Waals surface area (Å²) in [6.45, 7) is 3.52. The van der Waals surface area contributed by atoms with Gasteiger partial charge in [-0.1, -0.05) is 19.1 Å². The van der Waals surface area contributed by atoms with Crippen LogP contribution in [0, 0.1) is 0 Å². The minimum Gasteiger partial charge on any atom is -0.435 e. The maximum absolute atomic E-state index is 10.3. The molecule has 0 amide bonds. The van der Waals surface area contributed by atoms with E-state index in [0.717, 1.165) is 25.7 Å². The van der Waals surface area contributed by atoms with Crippen molar-refractivity contribution >= 4 is 5.97 Å². The van der Waals surface area contributed by atoms with Crippen LogP contribution >= 0.6 is 0 Å². The van der Waals surface area contributed by atoms with Gasteiger partial charge in [0.1, 0.15) is 0 Å². The minimum absolute atomic E-state index is 0.262. The van der Waals surface area contributed by atoms with Crippen molar-refractivity contribution in [3.05, 3.63) is 24.5 Å². The van der Waals surface area contributed by atoms with E-state index in [2.05, 4.69) is 23.8 Å². The summed E-state index contributed by atoms with van der Waals surface area (Å²) in [6.07, 6.45) is 11.9. The highest BCUT2D eigenvalue weighted by molar-refractivity contribution is 5.66. The van der Waals surface area contributed by atoms with Gasteiger partial charge in [-0.2, -0.15) is 0 Å². The Kier molecular flexibility index (Phi) is 8.31. The number of ether oxygens (including phenoxy) is 1. The maximum Gasteiger partial charge on any atom is 0.307 e. The average molecular weight is 182 g/mol. The molecule has 0 N–H and O–H groups in total. The molecule has 0 aliphatic carbocycles. The fourth-order valence-corrected chi connectivity index (χ4v) is 0.850. The highest BCUT2D eigenvalue weighted by Crippen LogP contribution is 1.98. The lowest BCUT2D eigenvalue weighted by Crippen LogP contribution is -1.89.